The van der Waals surface area contributed by atoms with Crippen molar-refractivity contribution < 1.29 is 13.2 Å². The molecule has 7 nitrogen and oxygen atoms in total. The molecular weight excluding hydrogens is 412 g/mol. The first-order chi connectivity index (χ1) is 14.7. The number of pyridine rings is 1. The number of fused-ring (bicyclic) bond motifs is 1. The number of hydrogen-bond donors (Lipinski definition) is 1. The van der Waals surface area contributed by atoms with Crippen LogP contribution in [0.4, 0.5) is 5.69 Å². The van der Waals surface area contributed by atoms with Crippen molar-refractivity contribution in [2.45, 2.75) is 18.7 Å². The number of benzene rings is 2. The summed E-state index contributed by atoms with van der Waals surface area (Å²) in [5, 5.41) is 3.63. The summed E-state index contributed by atoms with van der Waals surface area (Å²) in [4.78, 5) is 19.9. The zero-order valence-corrected chi connectivity index (χ0v) is 18.7. The van der Waals surface area contributed by atoms with Crippen LogP contribution >= 0.6 is 0 Å². The van der Waals surface area contributed by atoms with Crippen LogP contribution in [-0.2, 0) is 10.0 Å². The number of aromatic nitrogens is 1. The lowest BCUT2D eigenvalue weighted by Crippen LogP contribution is -2.47. The van der Waals surface area contributed by atoms with Crippen molar-refractivity contribution in [3.05, 3.63) is 65.4 Å². The van der Waals surface area contributed by atoms with Gasteiger partial charge in [0.25, 0.3) is 5.91 Å². The third-order valence-electron chi connectivity index (χ3n) is 5.53. The Kier molecular flexibility index (Phi) is 5.79. The number of rotatable bonds is 4. The Bertz CT molecular complexity index is 1250. The number of carbonyl (C=O) groups excluding carboxylic acids is 1. The van der Waals surface area contributed by atoms with E-state index < -0.39 is 10.0 Å². The van der Waals surface area contributed by atoms with Crippen molar-refractivity contribution in [3.8, 4) is 0 Å². The van der Waals surface area contributed by atoms with E-state index in [4.69, 9.17) is 0 Å². The molecule has 31 heavy (non-hydrogen) atoms. The highest BCUT2D eigenvalue weighted by Gasteiger charge is 2.27. The van der Waals surface area contributed by atoms with Crippen LogP contribution in [0.3, 0.4) is 0 Å². The molecule has 1 aliphatic heterocycles. The summed E-state index contributed by atoms with van der Waals surface area (Å²) in [6.07, 6.45) is 0. The first-order valence-corrected chi connectivity index (χ1v) is 11.7. The van der Waals surface area contributed by atoms with E-state index >= 15 is 0 Å². The summed E-state index contributed by atoms with van der Waals surface area (Å²) in [7, 11) is -1.63. The van der Waals surface area contributed by atoms with Crippen LogP contribution in [0.15, 0.2) is 53.4 Å². The van der Waals surface area contributed by atoms with Crippen molar-refractivity contribution in [2.75, 3.05) is 38.5 Å². The van der Waals surface area contributed by atoms with Crippen LogP contribution in [0.25, 0.3) is 10.9 Å². The van der Waals surface area contributed by atoms with Crippen molar-refractivity contribution in [3.63, 3.8) is 0 Å². The molecule has 1 aromatic heterocycles. The smallest absolute Gasteiger partial charge is 0.256 e. The fourth-order valence-electron chi connectivity index (χ4n) is 3.77. The molecule has 1 N–H and O–H groups in total. The lowest BCUT2D eigenvalue weighted by molar-refractivity contribution is 0.102. The van der Waals surface area contributed by atoms with Gasteiger partial charge in [-0.15, -0.1) is 0 Å². The number of aryl methyl sites for hydroxylation is 2. The molecule has 2 aromatic carbocycles. The molecule has 4 rings (SSSR count). The molecular formula is C23H26N4O3S. The zero-order valence-electron chi connectivity index (χ0n) is 17.9. The molecule has 162 valence electrons. The van der Waals surface area contributed by atoms with Crippen molar-refractivity contribution in [2.24, 2.45) is 0 Å². The van der Waals surface area contributed by atoms with E-state index in [1.807, 2.05) is 39.1 Å². The van der Waals surface area contributed by atoms with E-state index in [0.29, 0.717) is 37.4 Å². The number of nitrogens with zero attached hydrogens (tertiary/aromatic N) is 3. The summed E-state index contributed by atoms with van der Waals surface area (Å²) in [6, 6.07) is 14.0. The topological polar surface area (TPSA) is 82.6 Å². The predicted octanol–water partition coefficient (Wildman–Crippen LogP) is 3.04. The van der Waals surface area contributed by atoms with Gasteiger partial charge < -0.3 is 10.2 Å². The Morgan fingerprint density at radius 1 is 1.00 bits per heavy atom. The summed E-state index contributed by atoms with van der Waals surface area (Å²) < 4.78 is 27.6. The third kappa shape index (κ3) is 4.46. The van der Waals surface area contributed by atoms with E-state index in [1.54, 1.807) is 24.3 Å². The van der Waals surface area contributed by atoms with Gasteiger partial charge in [0.15, 0.2) is 0 Å². The quantitative estimate of drug-likeness (QED) is 0.677. The van der Waals surface area contributed by atoms with Crippen LogP contribution in [0.5, 0.6) is 0 Å². The van der Waals surface area contributed by atoms with Crippen LogP contribution < -0.4 is 5.32 Å². The number of piperazine rings is 1. The van der Waals surface area contributed by atoms with Crippen LogP contribution in [0.1, 0.15) is 21.6 Å². The number of amides is 1. The molecule has 2 heterocycles. The fourth-order valence-corrected chi connectivity index (χ4v) is 5.24. The number of nitrogens with one attached hydrogen (secondary N) is 1. The molecule has 1 fully saturated rings. The second kappa shape index (κ2) is 8.37. The average Bonchev–Trinajstić information content (AvgIpc) is 2.74. The third-order valence-corrected chi connectivity index (χ3v) is 7.42. The number of carbonyl (C=O) groups is 1. The normalized spacial score (nSPS) is 15.8. The monoisotopic (exact) mass is 438 g/mol. The SMILES string of the molecule is Cc1ccc2nc(C)cc(C(=O)Nc3cccc(S(=O)(=O)N4CCN(C)CC4)c3)c2c1. The second-order valence-corrected chi connectivity index (χ2v) is 9.96. The van der Waals surface area contributed by atoms with Gasteiger partial charge in [-0.25, -0.2) is 8.42 Å². The van der Waals surface area contributed by atoms with Gasteiger partial charge in [-0.3, -0.25) is 9.78 Å². The maximum atomic E-state index is 13.1. The fraction of sp³-hybridized carbons (Fsp3) is 0.304. The average molecular weight is 439 g/mol. The van der Waals surface area contributed by atoms with E-state index in [1.165, 1.54) is 10.4 Å². The Labute approximate surface area is 182 Å². The Morgan fingerprint density at radius 2 is 1.74 bits per heavy atom. The minimum Gasteiger partial charge on any atom is -0.322 e. The predicted molar refractivity (Wildman–Crippen MR) is 122 cm³/mol. The minimum absolute atomic E-state index is 0.182. The molecule has 0 atom stereocenters. The van der Waals surface area contributed by atoms with Crippen LogP contribution in [0, 0.1) is 13.8 Å². The maximum Gasteiger partial charge on any atom is 0.256 e. The summed E-state index contributed by atoms with van der Waals surface area (Å²) in [5.41, 5.74) is 3.48. The number of likely N-dealkylation sites (N-methyl/N-ethyl adjacent to an activating group) is 1. The summed E-state index contributed by atoms with van der Waals surface area (Å²) >= 11 is 0. The van der Waals surface area contributed by atoms with E-state index in [-0.39, 0.29) is 10.8 Å². The second-order valence-electron chi connectivity index (χ2n) is 8.02. The van der Waals surface area contributed by atoms with E-state index in [9.17, 15) is 13.2 Å². The van der Waals surface area contributed by atoms with Gasteiger partial charge >= 0.3 is 0 Å². The molecule has 1 aliphatic rings. The van der Waals surface area contributed by atoms with Gasteiger partial charge in [-0.05, 0) is 57.3 Å². The Hall–Kier alpha value is -2.81. The van der Waals surface area contributed by atoms with Gasteiger partial charge in [-0.2, -0.15) is 4.31 Å². The molecule has 8 heteroatoms. The Morgan fingerprint density at radius 3 is 2.48 bits per heavy atom. The summed E-state index contributed by atoms with van der Waals surface area (Å²) in [6.45, 7) is 6.12. The lowest BCUT2D eigenvalue weighted by atomic mass is 10.0. The van der Waals surface area contributed by atoms with Crippen molar-refractivity contribution in [1.29, 1.82) is 0 Å². The lowest BCUT2D eigenvalue weighted by Gasteiger charge is -2.31. The molecule has 0 saturated carbocycles. The molecule has 1 amide bonds. The van der Waals surface area contributed by atoms with E-state index in [0.717, 1.165) is 22.2 Å². The van der Waals surface area contributed by atoms with Gasteiger partial charge in [0.2, 0.25) is 10.0 Å². The molecule has 0 radical (unpaired) electrons. The molecule has 0 unspecified atom stereocenters. The highest BCUT2D eigenvalue weighted by molar-refractivity contribution is 7.89. The first-order valence-electron chi connectivity index (χ1n) is 10.2. The molecule has 0 spiro atoms. The van der Waals surface area contributed by atoms with Crippen molar-refractivity contribution in [1.82, 2.24) is 14.2 Å². The number of sulfonamides is 1. The van der Waals surface area contributed by atoms with Crippen LogP contribution in [-0.4, -0.2) is 61.7 Å². The standard InChI is InChI=1S/C23H26N4O3S/c1-16-7-8-22-20(13-16)21(14-17(2)24-22)23(28)25-18-5-4-6-19(15-18)31(29,30)27-11-9-26(3)10-12-27/h4-8,13-15H,9-12H2,1-3H3,(H,25,28). The maximum absolute atomic E-state index is 13.1. The minimum atomic E-state index is -3.61. The van der Waals surface area contributed by atoms with Gasteiger partial charge in [0.1, 0.15) is 0 Å². The highest BCUT2D eigenvalue weighted by Crippen LogP contribution is 2.24. The number of hydrogen-bond acceptors (Lipinski definition) is 5. The Balaban J connectivity index is 1.62. The van der Waals surface area contributed by atoms with Gasteiger partial charge in [-0.1, -0.05) is 17.7 Å². The molecule has 0 aliphatic carbocycles. The van der Waals surface area contributed by atoms with Gasteiger partial charge in [0, 0.05) is 42.9 Å². The van der Waals surface area contributed by atoms with E-state index in [2.05, 4.69) is 15.2 Å². The first kappa shape index (κ1) is 21.4. The molecule has 0 bridgehead atoms. The van der Waals surface area contributed by atoms with Crippen LogP contribution in [0.2, 0.25) is 0 Å². The zero-order chi connectivity index (χ0) is 22.2. The molecule has 3 aromatic rings. The van der Waals surface area contributed by atoms with Crippen molar-refractivity contribution >= 4 is 32.5 Å². The molecule has 1 saturated heterocycles. The summed E-state index contributed by atoms with van der Waals surface area (Å²) in [5.74, 6) is -0.296. The van der Waals surface area contributed by atoms with Gasteiger partial charge in [0.05, 0.1) is 16.0 Å². The highest BCUT2D eigenvalue weighted by atomic mass is 32.2. The largest absolute Gasteiger partial charge is 0.322 e. The number of anilines is 1.